The van der Waals surface area contributed by atoms with Gasteiger partial charge in [0, 0.05) is 6.54 Å². The highest BCUT2D eigenvalue weighted by molar-refractivity contribution is 5.95. The van der Waals surface area contributed by atoms with Gasteiger partial charge < -0.3 is 5.32 Å². The van der Waals surface area contributed by atoms with Crippen molar-refractivity contribution < 1.29 is 4.79 Å². The molecule has 30 heavy (non-hydrogen) atoms. The molecule has 0 fully saturated rings. The third-order valence-electron chi connectivity index (χ3n) is 4.95. The Morgan fingerprint density at radius 2 is 1.70 bits per heavy atom. The number of aryl methyl sites for hydroxylation is 1. The van der Waals surface area contributed by atoms with Crippen LogP contribution in [-0.2, 0) is 6.54 Å². The topological polar surface area (TPSA) is 77.6 Å². The number of carbonyl (C=O) groups is 1. The number of benzene rings is 2. The normalized spacial score (nSPS) is 11.1. The van der Waals surface area contributed by atoms with Crippen molar-refractivity contribution in [3.05, 3.63) is 89.8 Å². The van der Waals surface area contributed by atoms with Crippen molar-refractivity contribution in [2.75, 3.05) is 0 Å². The Hall–Kier alpha value is -3.74. The van der Waals surface area contributed by atoms with Crippen LogP contribution in [0.3, 0.4) is 0 Å². The summed E-state index contributed by atoms with van der Waals surface area (Å²) >= 11 is 0. The van der Waals surface area contributed by atoms with E-state index in [1.165, 1.54) is 11.9 Å². The fourth-order valence-electron chi connectivity index (χ4n) is 3.37. The lowest BCUT2D eigenvalue weighted by molar-refractivity contribution is 0.0949. The zero-order chi connectivity index (χ0) is 21.1. The molecule has 0 aliphatic rings. The Morgan fingerprint density at radius 3 is 2.33 bits per heavy atom. The Labute approximate surface area is 175 Å². The van der Waals surface area contributed by atoms with Gasteiger partial charge >= 0.3 is 0 Å². The molecule has 0 radical (unpaired) electrons. The average molecular weight is 400 g/mol. The molecule has 0 saturated heterocycles. The Bertz CT molecular complexity index is 1130. The largest absolute Gasteiger partial charge is 0.348 e. The molecule has 1 N–H and O–H groups in total. The molecule has 0 spiro atoms. The average Bonchev–Trinajstić information content (AvgIpc) is 3.43. The van der Waals surface area contributed by atoms with Crippen LogP contribution in [0.1, 0.15) is 46.9 Å². The predicted octanol–water partition coefficient (Wildman–Crippen LogP) is 3.81. The first-order valence-corrected chi connectivity index (χ1v) is 9.90. The number of hydrogen-bond donors (Lipinski definition) is 1. The maximum atomic E-state index is 12.9. The summed E-state index contributed by atoms with van der Waals surface area (Å²) in [5.74, 6) is 0.0222. The quantitative estimate of drug-likeness (QED) is 0.534. The highest BCUT2D eigenvalue weighted by Gasteiger charge is 2.20. The first-order valence-electron chi connectivity index (χ1n) is 9.90. The van der Waals surface area contributed by atoms with Crippen LogP contribution in [0.2, 0.25) is 0 Å². The standard InChI is InChI=1S/C23H24N6O/c1-16(2)22-21(13-26-29(22)20-8-4-17(3)5-9-20)23(30)25-12-18-6-10-19(11-7-18)28-15-24-14-27-28/h4-11,13-16H,12H2,1-3H3,(H,25,30). The van der Waals surface area contributed by atoms with Crippen molar-refractivity contribution in [1.29, 1.82) is 0 Å². The van der Waals surface area contributed by atoms with E-state index < -0.39 is 0 Å². The molecule has 2 aromatic heterocycles. The van der Waals surface area contributed by atoms with E-state index in [0.717, 1.165) is 22.6 Å². The van der Waals surface area contributed by atoms with E-state index in [1.54, 1.807) is 17.2 Å². The van der Waals surface area contributed by atoms with Crippen LogP contribution < -0.4 is 5.32 Å². The molecule has 0 aliphatic heterocycles. The minimum absolute atomic E-state index is 0.127. The summed E-state index contributed by atoms with van der Waals surface area (Å²) in [5, 5.41) is 11.6. The van der Waals surface area contributed by atoms with E-state index in [9.17, 15) is 4.79 Å². The molecular formula is C23H24N6O. The molecule has 7 heteroatoms. The van der Waals surface area contributed by atoms with Gasteiger partial charge in [0.1, 0.15) is 12.7 Å². The summed E-state index contributed by atoms with van der Waals surface area (Å²) in [7, 11) is 0. The molecule has 0 saturated carbocycles. The van der Waals surface area contributed by atoms with E-state index in [2.05, 4.69) is 34.3 Å². The number of nitrogens with zero attached hydrogens (tertiary/aromatic N) is 5. The third kappa shape index (κ3) is 4.00. The Kier molecular flexibility index (Phi) is 5.43. The van der Waals surface area contributed by atoms with E-state index >= 15 is 0 Å². The second-order valence-corrected chi connectivity index (χ2v) is 7.53. The minimum atomic E-state index is -0.127. The number of carbonyl (C=O) groups excluding carboxylic acids is 1. The highest BCUT2D eigenvalue weighted by Crippen LogP contribution is 2.23. The van der Waals surface area contributed by atoms with Crippen LogP contribution in [-0.4, -0.2) is 30.5 Å². The van der Waals surface area contributed by atoms with Gasteiger partial charge in [-0.1, -0.05) is 43.7 Å². The number of amides is 1. The lowest BCUT2D eigenvalue weighted by Crippen LogP contribution is -2.24. The van der Waals surface area contributed by atoms with Crippen LogP contribution in [0.4, 0.5) is 0 Å². The van der Waals surface area contributed by atoms with Gasteiger partial charge in [-0.3, -0.25) is 4.79 Å². The second kappa shape index (κ2) is 8.32. The predicted molar refractivity (Wildman–Crippen MR) is 115 cm³/mol. The van der Waals surface area contributed by atoms with Gasteiger partial charge in [0.15, 0.2) is 0 Å². The molecule has 4 aromatic rings. The lowest BCUT2D eigenvalue weighted by atomic mass is 10.0. The molecule has 1 amide bonds. The van der Waals surface area contributed by atoms with E-state index in [1.807, 2.05) is 60.1 Å². The van der Waals surface area contributed by atoms with Gasteiger partial charge in [-0.25, -0.2) is 14.3 Å². The summed E-state index contributed by atoms with van der Waals surface area (Å²) in [6, 6.07) is 16.0. The summed E-state index contributed by atoms with van der Waals surface area (Å²) in [6.07, 6.45) is 4.80. The maximum absolute atomic E-state index is 12.9. The summed E-state index contributed by atoms with van der Waals surface area (Å²) < 4.78 is 3.54. The molecule has 0 atom stereocenters. The fourth-order valence-corrected chi connectivity index (χ4v) is 3.37. The van der Waals surface area contributed by atoms with Crippen molar-refractivity contribution >= 4 is 5.91 Å². The number of nitrogens with one attached hydrogen (secondary N) is 1. The van der Waals surface area contributed by atoms with Crippen LogP contribution >= 0.6 is 0 Å². The van der Waals surface area contributed by atoms with E-state index in [-0.39, 0.29) is 11.8 Å². The van der Waals surface area contributed by atoms with Crippen LogP contribution in [0.25, 0.3) is 11.4 Å². The van der Waals surface area contributed by atoms with Gasteiger partial charge in [-0.15, -0.1) is 0 Å². The molecule has 0 aliphatic carbocycles. The lowest BCUT2D eigenvalue weighted by Gasteiger charge is -2.13. The van der Waals surface area contributed by atoms with Gasteiger partial charge in [0.05, 0.1) is 28.8 Å². The van der Waals surface area contributed by atoms with Gasteiger partial charge in [-0.05, 0) is 42.7 Å². The molecule has 7 nitrogen and oxygen atoms in total. The van der Waals surface area contributed by atoms with Crippen molar-refractivity contribution in [2.24, 2.45) is 0 Å². The zero-order valence-corrected chi connectivity index (χ0v) is 17.3. The molecule has 152 valence electrons. The molecule has 4 rings (SSSR count). The number of aromatic nitrogens is 5. The van der Waals surface area contributed by atoms with E-state index in [4.69, 9.17) is 0 Å². The Morgan fingerprint density at radius 1 is 1.00 bits per heavy atom. The first-order chi connectivity index (χ1) is 14.5. The molecule has 0 unspecified atom stereocenters. The second-order valence-electron chi connectivity index (χ2n) is 7.53. The van der Waals surface area contributed by atoms with Crippen molar-refractivity contribution in [1.82, 2.24) is 29.9 Å². The molecule has 0 bridgehead atoms. The van der Waals surface area contributed by atoms with Crippen molar-refractivity contribution in [2.45, 2.75) is 33.2 Å². The van der Waals surface area contributed by atoms with Gasteiger partial charge in [-0.2, -0.15) is 10.2 Å². The molecular weight excluding hydrogens is 376 g/mol. The van der Waals surface area contributed by atoms with Crippen LogP contribution in [0, 0.1) is 6.92 Å². The monoisotopic (exact) mass is 400 g/mol. The highest BCUT2D eigenvalue weighted by atomic mass is 16.1. The number of rotatable bonds is 6. The van der Waals surface area contributed by atoms with Crippen LogP contribution in [0.15, 0.2) is 67.4 Å². The van der Waals surface area contributed by atoms with E-state index in [0.29, 0.717) is 12.1 Å². The first kappa shape index (κ1) is 19.6. The van der Waals surface area contributed by atoms with Crippen molar-refractivity contribution in [3.63, 3.8) is 0 Å². The summed E-state index contributed by atoms with van der Waals surface area (Å²) in [5.41, 5.74) is 5.56. The van der Waals surface area contributed by atoms with Crippen LogP contribution in [0.5, 0.6) is 0 Å². The summed E-state index contributed by atoms with van der Waals surface area (Å²) in [4.78, 5) is 16.9. The maximum Gasteiger partial charge on any atom is 0.255 e. The SMILES string of the molecule is Cc1ccc(-n2ncc(C(=O)NCc3ccc(-n4cncn4)cc3)c2C(C)C)cc1. The van der Waals surface area contributed by atoms with Crippen molar-refractivity contribution in [3.8, 4) is 11.4 Å². The van der Waals surface area contributed by atoms with Gasteiger partial charge in [0.25, 0.3) is 5.91 Å². The van der Waals surface area contributed by atoms with Gasteiger partial charge in [0.2, 0.25) is 0 Å². The smallest absolute Gasteiger partial charge is 0.255 e. The molecule has 2 aromatic carbocycles. The summed E-state index contributed by atoms with van der Waals surface area (Å²) in [6.45, 7) is 6.62. The minimum Gasteiger partial charge on any atom is -0.348 e. The molecule has 2 heterocycles. The Balaban J connectivity index is 1.50. The fraction of sp³-hybridized carbons (Fsp3) is 0.217. The number of hydrogen-bond acceptors (Lipinski definition) is 4. The third-order valence-corrected chi connectivity index (χ3v) is 4.95. The zero-order valence-electron chi connectivity index (χ0n) is 17.3.